The van der Waals surface area contributed by atoms with Crippen LogP contribution in [0, 0.1) is 28.6 Å². The molecule has 0 heteroatoms. The fourth-order valence-corrected chi connectivity index (χ4v) is 8.82. The van der Waals surface area contributed by atoms with Crippen LogP contribution in [-0.2, 0) is 12.8 Å². The molecule has 0 aliphatic heterocycles. The average Bonchev–Trinajstić information content (AvgIpc) is 2.78. The summed E-state index contributed by atoms with van der Waals surface area (Å²) in [6.07, 6.45) is 7.79. The fraction of sp³-hybridized carbons (Fsp3) is 0.538. The van der Waals surface area contributed by atoms with Gasteiger partial charge in [0.25, 0.3) is 0 Å². The molecule has 39 heavy (non-hydrogen) atoms. The van der Waals surface area contributed by atoms with E-state index in [0.717, 1.165) is 44.1 Å². The highest BCUT2D eigenvalue weighted by molar-refractivity contribution is 5.87. The first-order valence-electron chi connectivity index (χ1n) is 15.1. The smallest absolute Gasteiger partial charge is 0.0194 e. The third kappa shape index (κ3) is 4.71. The van der Waals surface area contributed by atoms with E-state index < -0.39 is 0 Å². The Hall–Kier alpha value is -2.34. The molecular weight excluding hydrogens is 468 g/mol. The van der Waals surface area contributed by atoms with Gasteiger partial charge in [-0.2, -0.15) is 0 Å². The lowest BCUT2D eigenvalue weighted by molar-refractivity contribution is 0.0543. The van der Waals surface area contributed by atoms with E-state index in [0.29, 0.717) is 5.41 Å². The first-order chi connectivity index (χ1) is 17.9. The van der Waals surface area contributed by atoms with Gasteiger partial charge in [-0.25, -0.2) is 0 Å². The van der Waals surface area contributed by atoms with Gasteiger partial charge >= 0.3 is 0 Å². The standard InChI is InChI=1S/C39H54/c1-24(2)33-27(5)21-38(13)23-37(12)22-32-31(17-15-25(3)19-20-36(9,10)11)18-16-26(4)34(32)28(6)35(37)30(8)39(38,14)29(33)7/h16,18H,1,3,6-7,15,17,19-23H2,2,4-5,8-14H3/t37-,38+,39-/m1/s1. The Bertz CT molecular complexity index is 1340. The van der Waals surface area contributed by atoms with E-state index >= 15 is 0 Å². The quantitative estimate of drug-likeness (QED) is 0.326. The van der Waals surface area contributed by atoms with E-state index in [9.17, 15) is 0 Å². The van der Waals surface area contributed by atoms with Crippen LogP contribution in [0.15, 0.2) is 77.5 Å². The Kier molecular flexibility index (Phi) is 7.33. The SMILES string of the molecule is C=C(CCc1ccc(C)c2c1C[C@]1(C)C[C@]3(C)CC(C)=C(C(=C)C)C(=C)[C@]3(C)C(C)=C1C2=C)CCC(C)(C)C. The van der Waals surface area contributed by atoms with E-state index in [4.69, 9.17) is 13.2 Å². The summed E-state index contributed by atoms with van der Waals surface area (Å²) in [5.41, 5.74) is 17.0. The first kappa shape index (κ1) is 29.6. The Labute approximate surface area is 240 Å². The lowest BCUT2D eigenvalue weighted by atomic mass is 9.41. The highest BCUT2D eigenvalue weighted by atomic mass is 14.6. The number of hydrogen-bond acceptors (Lipinski definition) is 0. The maximum atomic E-state index is 4.84. The molecule has 0 spiro atoms. The maximum Gasteiger partial charge on any atom is 0.0194 e. The predicted molar refractivity (Wildman–Crippen MR) is 173 cm³/mol. The average molecular weight is 523 g/mol. The normalized spacial score (nSPS) is 28.8. The number of aryl methyl sites for hydroxylation is 2. The number of fused-ring (bicyclic) bond motifs is 3. The maximum absolute atomic E-state index is 4.84. The molecule has 0 heterocycles. The molecule has 0 aromatic heterocycles. The molecule has 0 nitrogen and oxygen atoms in total. The molecule has 3 atom stereocenters. The molecule has 1 aromatic carbocycles. The zero-order valence-corrected chi connectivity index (χ0v) is 26.9. The van der Waals surface area contributed by atoms with E-state index in [1.165, 1.54) is 62.1 Å². The summed E-state index contributed by atoms with van der Waals surface area (Å²) in [4.78, 5) is 0. The summed E-state index contributed by atoms with van der Waals surface area (Å²) < 4.78 is 0. The van der Waals surface area contributed by atoms with Gasteiger partial charge in [-0.3, -0.25) is 0 Å². The van der Waals surface area contributed by atoms with Crippen molar-refractivity contribution in [2.24, 2.45) is 21.7 Å². The van der Waals surface area contributed by atoms with Crippen LogP contribution in [0.4, 0.5) is 0 Å². The van der Waals surface area contributed by atoms with E-state index in [1.54, 1.807) is 5.56 Å². The summed E-state index contributed by atoms with van der Waals surface area (Å²) in [7, 11) is 0. The molecule has 0 fully saturated rings. The molecule has 0 N–H and O–H groups in total. The largest absolute Gasteiger partial charge is 0.0998 e. The second kappa shape index (κ2) is 9.64. The lowest BCUT2D eigenvalue weighted by Gasteiger charge is -2.62. The van der Waals surface area contributed by atoms with Gasteiger partial charge < -0.3 is 0 Å². The molecule has 0 radical (unpaired) electrons. The van der Waals surface area contributed by atoms with Gasteiger partial charge in [0.05, 0.1) is 0 Å². The number of rotatable bonds is 6. The van der Waals surface area contributed by atoms with E-state index in [1.807, 2.05) is 0 Å². The molecule has 0 bridgehead atoms. The Balaban J connectivity index is 1.78. The third-order valence-electron chi connectivity index (χ3n) is 10.9. The van der Waals surface area contributed by atoms with Crippen LogP contribution >= 0.6 is 0 Å². The molecule has 0 saturated heterocycles. The zero-order valence-electron chi connectivity index (χ0n) is 26.9. The molecule has 1 aromatic rings. The van der Waals surface area contributed by atoms with Crippen LogP contribution < -0.4 is 0 Å². The van der Waals surface area contributed by atoms with Crippen LogP contribution in [0.2, 0.25) is 0 Å². The van der Waals surface area contributed by atoms with Gasteiger partial charge in [0.2, 0.25) is 0 Å². The lowest BCUT2D eigenvalue weighted by Crippen LogP contribution is -2.52. The van der Waals surface area contributed by atoms with Crippen molar-refractivity contribution in [3.63, 3.8) is 0 Å². The van der Waals surface area contributed by atoms with Crippen molar-refractivity contribution in [1.29, 1.82) is 0 Å². The zero-order chi connectivity index (χ0) is 29.3. The molecule has 3 aliphatic carbocycles. The summed E-state index contributed by atoms with van der Waals surface area (Å²) in [5, 5.41) is 0. The monoisotopic (exact) mass is 522 g/mol. The fourth-order valence-electron chi connectivity index (χ4n) is 8.82. The van der Waals surface area contributed by atoms with Crippen molar-refractivity contribution in [1.82, 2.24) is 0 Å². The predicted octanol–water partition coefficient (Wildman–Crippen LogP) is 11.5. The van der Waals surface area contributed by atoms with Crippen LogP contribution in [-0.4, -0.2) is 0 Å². The minimum absolute atomic E-state index is 0.0650. The van der Waals surface area contributed by atoms with Gasteiger partial charge in [-0.1, -0.05) is 102 Å². The van der Waals surface area contributed by atoms with Gasteiger partial charge in [0, 0.05) is 5.41 Å². The summed E-state index contributed by atoms with van der Waals surface area (Å²) >= 11 is 0. The highest BCUT2D eigenvalue weighted by Gasteiger charge is 2.59. The van der Waals surface area contributed by atoms with Crippen molar-refractivity contribution in [2.75, 3.05) is 0 Å². The summed E-state index contributed by atoms with van der Waals surface area (Å²) in [6, 6.07) is 4.72. The molecule has 0 amide bonds. The van der Waals surface area contributed by atoms with Crippen LogP contribution in [0.5, 0.6) is 0 Å². The number of hydrogen-bond donors (Lipinski definition) is 0. The molecule has 0 saturated carbocycles. The van der Waals surface area contributed by atoms with E-state index in [-0.39, 0.29) is 16.2 Å². The van der Waals surface area contributed by atoms with Crippen LogP contribution in [0.3, 0.4) is 0 Å². The van der Waals surface area contributed by atoms with Crippen molar-refractivity contribution < 1.29 is 0 Å². The minimum Gasteiger partial charge on any atom is -0.0998 e. The Morgan fingerprint density at radius 1 is 0.949 bits per heavy atom. The third-order valence-corrected chi connectivity index (χ3v) is 10.9. The molecular formula is C39H54. The minimum atomic E-state index is -0.105. The molecule has 0 unspecified atom stereocenters. The number of benzene rings is 1. The topological polar surface area (TPSA) is 0 Å². The van der Waals surface area contributed by atoms with Gasteiger partial charge in [-0.15, -0.1) is 0 Å². The van der Waals surface area contributed by atoms with Crippen molar-refractivity contribution in [3.05, 3.63) is 99.7 Å². The van der Waals surface area contributed by atoms with Crippen molar-refractivity contribution in [2.45, 2.75) is 114 Å². The first-order valence-corrected chi connectivity index (χ1v) is 15.1. The molecule has 210 valence electrons. The second-order valence-corrected chi connectivity index (χ2v) is 15.4. The highest BCUT2D eigenvalue weighted by Crippen LogP contribution is 2.70. The van der Waals surface area contributed by atoms with Crippen molar-refractivity contribution >= 4 is 5.57 Å². The molecule has 4 rings (SSSR count). The van der Waals surface area contributed by atoms with Gasteiger partial charge in [0.15, 0.2) is 0 Å². The van der Waals surface area contributed by atoms with Crippen molar-refractivity contribution in [3.8, 4) is 0 Å². The Morgan fingerprint density at radius 3 is 2.18 bits per heavy atom. The van der Waals surface area contributed by atoms with Gasteiger partial charge in [-0.05, 0) is 133 Å². The van der Waals surface area contributed by atoms with E-state index in [2.05, 4.69) is 94.5 Å². The Morgan fingerprint density at radius 2 is 1.59 bits per heavy atom. The van der Waals surface area contributed by atoms with Crippen LogP contribution in [0.25, 0.3) is 5.57 Å². The number of allylic oxidation sites excluding steroid dienone is 8. The second-order valence-electron chi connectivity index (χ2n) is 15.4. The summed E-state index contributed by atoms with van der Waals surface area (Å²) in [5.74, 6) is 0. The molecule has 3 aliphatic rings. The van der Waals surface area contributed by atoms with Gasteiger partial charge in [0.1, 0.15) is 0 Å². The van der Waals surface area contributed by atoms with Crippen LogP contribution in [0.1, 0.15) is 117 Å². The summed E-state index contributed by atoms with van der Waals surface area (Å²) in [6.45, 7) is 42.0.